The van der Waals surface area contributed by atoms with Gasteiger partial charge in [0.1, 0.15) is 0 Å². The quantitative estimate of drug-likeness (QED) is 0.684. The van der Waals surface area contributed by atoms with E-state index in [1.807, 2.05) is 6.07 Å². The molecular weight excluding hydrogens is 287 g/mol. The number of halogens is 3. The number of thiophene rings is 1. The Morgan fingerprint density at radius 3 is 2.56 bits per heavy atom. The van der Waals surface area contributed by atoms with Crippen molar-refractivity contribution in [3.8, 4) is 0 Å². The van der Waals surface area contributed by atoms with Crippen molar-refractivity contribution in [2.75, 3.05) is 0 Å². The van der Waals surface area contributed by atoms with E-state index in [0.29, 0.717) is 0 Å². The average molecular weight is 290 g/mol. The van der Waals surface area contributed by atoms with Crippen LogP contribution < -0.4 is 0 Å². The van der Waals surface area contributed by atoms with Crippen LogP contribution in [-0.2, 0) is 5.33 Å². The van der Waals surface area contributed by atoms with Crippen LogP contribution in [0.2, 0.25) is 4.34 Å². The highest BCUT2D eigenvalue weighted by atomic mass is 79.9. The fourth-order valence-corrected chi connectivity index (χ4v) is 3.30. The predicted molar refractivity (Wildman–Crippen MR) is 49.7 cm³/mol. The van der Waals surface area contributed by atoms with Crippen LogP contribution >= 0.6 is 54.8 Å². The number of hydrogen-bond donors (Lipinski definition) is 0. The van der Waals surface area contributed by atoms with E-state index < -0.39 is 0 Å². The Morgan fingerprint density at radius 2 is 2.33 bits per heavy atom. The topological polar surface area (TPSA) is 0 Å². The van der Waals surface area contributed by atoms with Gasteiger partial charge in [-0.1, -0.05) is 27.5 Å². The van der Waals surface area contributed by atoms with Gasteiger partial charge in [0.05, 0.1) is 8.12 Å². The smallest absolute Gasteiger partial charge is 0.0980 e. The van der Waals surface area contributed by atoms with Crippen molar-refractivity contribution in [1.82, 2.24) is 0 Å². The molecule has 0 unspecified atom stereocenters. The molecule has 0 atom stereocenters. The summed E-state index contributed by atoms with van der Waals surface area (Å²) in [5.74, 6) is 0. The van der Waals surface area contributed by atoms with E-state index >= 15 is 0 Å². The Labute approximate surface area is 79.5 Å². The van der Waals surface area contributed by atoms with E-state index in [4.69, 9.17) is 11.6 Å². The molecule has 0 saturated carbocycles. The van der Waals surface area contributed by atoms with Gasteiger partial charge in [0.2, 0.25) is 0 Å². The zero-order valence-corrected chi connectivity index (χ0v) is 9.07. The minimum atomic E-state index is 0.827. The van der Waals surface area contributed by atoms with Gasteiger partial charge in [-0.15, -0.1) is 11.3 Å². The molecule has 0 aliphatic heterocycles. The lowest BCUT2D eigenvalue weighted by atomic mass is 10.4. The van der Waals surface area contributed by atoms with E-state index in [1.165, 1.54) is 0 Å². The molecule has 0 nitrogen and oxygen atoms in total. The van der Waals surface area contributed by atoms with Crippen LogP contribution in [-0.4, -0.2) is 0 Å². The fraction of sp³-hybridized carbons (Fsp3) is 0.200. The second kappa shape index (κ2) is 3.37. The first kappa shape index (κ1) is 8.05. The van der Waals surface area contributed by atoms with Crippen LogP contribution in [0.1, 0.15) is 5.56 Å². The molecule has 0 bridgehead atoms. The normalized spacial score (nSPS) is 10.1. The van der Waals surface area contributed by atoms with Crippen molar-refractivity contribution in [2.45, 2.75) is 5.33 Å². The minimum absolute atomic E-state index is 0.827. The highest BCUT2D eigenvalue weighted by molar-refractivity contribution is 9.11. The van der Waals surface area contributed by atoms with Crippen LogP contribution in [0.15, 0.2) is 9.85 Å². The number of hydrogen-bond acceptors (Lipinski definition) is 1. The van der Waals surface area contributed by atoms with E-state index in [0.717, 1.165) is 19.0 Å². The fourth-order valence-electron chi connectivity index (χ4n) is 0.465. The second-order valence-corrected chi connectivity index (χ2v) is 5.08. The number of rotatable bonds is 1. The lowest BCUT2D eigenvalue weighted by Gasteiger charge is -1.83. The van der Waals surface area contributed by atoms with Crippen LogP contribution in [0.4, 0.5) is 0 Å². The van der Waals surface area contributed by atoms with Crippen molar-refractivity contribution in [1.29, 1.82) is 0 Å². The Bertz CT molecular complexity index is 209. The van der Waals surface area contributed by atoms with E-state index in [-0.39, 0.29) is 0 Å². The molecule has 50 valence electrons. The van der Waals surface area contributed by atoms with Crippen LogP contribution in [0, 0.1) is 0 Å². The molecule has 1 aromatic rings. The second-order valence-electron chi connectivity index (χ2n) is 1.48. The molecular formula is C5H3Br2ClS. The van der Waals surface area contributed by atoms with Gasteiger partial charge in [-0.3, -0.25) is 0 Å². The van der Waals surface area contributed by atoms with Crippen LogP contribution in [0.3, 0.4) is 0 Å². The maximum atomic E-state index is 5.80. The molecule has 4 heteroatoms. The summed E-state index contributed by atoms with van der Waals surface area (Å²) in [4.78, 5) is 0. The molecule has 1 rings (SSSR count). The van der Waals surface area contributed by atoms with Gasteiger partial charge < -0.3 is 0 Å². The summed E-state index contributed by atoms with van der Waals surface area (Å²) >= 11 is 14.0. The highest BCUT2D eigenvalue weighted by Gasteiger charge is 2.01. The van der Waals surface area contributed by atoms with Gasteiger partial charge >= 0.3 is 0 Å². The summed E-state index contributed by atoms with van der Waals surface area (Å²) in [6.07, 6.45) is 0. The van der Waals surface area contributed by atoms with Crippen molar-refractivity contribution in [3.63, 3.8) is 0 Å². The third-order valence-corrected chi connectivity index (χ3v) is 3.42. The standard InChI is InChI=1S/C5H3Br2ClS/c6-2-3-1-4(7)9-5(3)8/h1H,2H2. The first-order valence-electron chi connectivity index (χ1n) is 2.23. The third kappa shape index (κ3) is 1.93. The molecule has 0 amide bonds. The molecule has 0 aliphatic rings. The summed E-state index contributed by atoms with van der Waals surface area (Å²) < 4.78 is 1.95. The van der Waals surface area contributed by atoms with Gasteiger partial charge in [0.25, 0.3) is 0 Å². The molecule has 0 N–H and O–H groups in total. The van der Waals surface area contributed by atoms with Gasteiger partial charge in [-0.25, -0.2) is 0 Å². The minimum Gasteiger partial charge on any atom is -0.116 e. The molecule has 0 saturated heterocycles. The molecule has 0 fully saturated rings. The molecule has 0 aliphatic carbocycles. The molecule has 9 heavy (non-hydrogen) atoms. The Balaban J connectivity index is 3.01. The average Bonchev–Trinajstić information content (AvgIpc) is 2.10. The maximum absolute atomic E-state index is 5.80. The van der Waals surface area contributed by atoms with Gasteiger partial charge in [0.15, 0.2) is 0 Å². The molecule has 0 spiro atoms. The summed E-state index contributed by atoms with van der Waals surface area (Å²) in [6.45, 7) is 0. The monoisotopic (exact) mass is 288 g/mol. The first-order chi connectivity index (χ1) is 4.24. The Morgan fingerprint density at radius 1 is 1.67 bits per heavy atom. The summed E-state index contributed by atoms with van der Waals surface area (Å²) in [5.41, 5.74) is 1.15. The van der Waals surface area contributed by atoms with Crippen molar-refractivity contribution < 1.29 is 0 Å². The lowest BCUT2D eigenvalue weighted by molar-refractivity contribution is 1.50. The van der Waals surface area contributed by atoms with Gasteiger partial charge in [0, 0.05) is 5.33 Å². The third-order valence-electron chi connectivity index (χ3n) is 0.871. The summed E-state index contributed by atoms with van der Waals surface area (Å²) in [5, 5.41) is 0.827. The zero-order chi connectivity index (χ0) is 6.85. The first-order valence-corrected chi connectivity index (χ1v) is 5.34. The zero-order valence-electron chi connectivity index (χ0n) is 4.33. The maximum Gasteiger partial charge on any atom is 0.0980 e. The summed E-state index contributed by atoms with van der Waals surface area (Å²) in [6, 6.07) is 2.02. The molecule has 0 aromatic carbocycles. The molecule has 0 radical (unpaired) electrons. The Kier molecular flexibility index (Phi) is 3.02. The van der Waals surface area contributed by atoms with Crippen molar-refractivity contribution >= 4 is 54.8 Å². The van der Waals surface area contributed by atoms with Crippen molar-refractivity contribution in [3.05, 3.63) is 19.8 Å². The van der Waals surface area contributed by atoms with Gasteiger partial charge in [-0.05, 0) is 27.6 Å². The summed E-state index contributed by atoms with van der Waals surface area (Å²) in [7, 11) is 0. The van der Waals surface area contributed by atoms with E-state index in [9.17, 15) is 0 Å². The van der Waals surface area contributed by atoms with Crippen LogP contribution in [0.5, 0.6) is 0 Å². The van der Waals surface area contributed by atoms with E-state index in [2.05, 4.69) is 31.9 Å². The van der Waals surface area contributed by atoms with Crippen LogP contribution in [0.25, 0.3) is 0 Å². The molecule has 1 heterocycles. The number of alkyl halides is 1. The highest BCUT2D eigenvalue weighted by Crippen LogP contribution is 2.32. The van der Waals surface area contributed by atoms with Gasteiger partial charge in [-0.2, -0.15) is 0 Å². The predicted octanol–water partition coefficient (Wildman–Crippen LogP) is 4.06. The SMILES string of the molecule is Clc1sc(Br)cc1CBr. The lowest BCUT2D eigenvalue weighted by Crippen LogP contribution is -1.66. The van der Waals surface area contributed by atoms with Crippen molar-refractivity contribution in [2.24, 2.45) is 0 Å². The molecule has 1 aromatic heterocycles. The van der Waals surface area contributed by atoms with E-state index in [1.54, 1.807) is 11.3 Å². The Hall–Kier alpha value is 0.950. The largest absolute Gasteiger partial charge is 0.116 e.